The van der Waals surface area contributed by atoms with Crippen LogP contribution >= 0.6 is 11.3 Å². The third-order valence-electron chi connectivity index (χ3n) is 4.60. The molecule has 0 saturated heterocycles. The maximum absolute atomic E-state index is 8.84. The molecule has 0 radical (unpaired) electrons. The molecule has 5 nitrogen and oxygen atoms in total. The number of pyridine rings is 1. The van der Waals surface area contributed by atoms with Crippen LogP contribution < -0.4 is 5.32 Å². The van der Waals surface area contributed by atoms with Crippen molar-refractivity contribution in [3.8, 4) is 17.5 Å². The van der Waals surface area contributed by atoms with Crippen molar-refractivity contribution in [2.45, 2.75) is 32.6 Å². The summed E-state index contributed by atoms with van der Waals surface area (Å²) in [4.78, 5) is 16.3. The number of aromatic nitrogens is 3. The Bertz CT molecular complexity index is 942. The molecule has 0 amide bonds. The van der Waals surface area contributed by atoms with Gasteiger partial charge in [-0.2, -0.15) is 5.26 Å². The number of hydrogen-bond acceptors (Lipinski definition) is 6. The van der Waals surface area contributed by atoms with Crippen LogP contribution in [0.2, 0.25) is 0 Å². The third-order valence-corrected chi connectivity index (χ3v) is 5.75. The minimum Gasteiger partial charge on any atom is -0.368 e. The van der Waals surface area contributed by atoms with Crippen molar-refractivity contribution in [3.63, 3.8) is 0 Å². The molecule has 0 saturated carbocycles. The van der Waals surface area contributed by atoms with Crippen molar-refractivity contribution < 1.29 is 0 Å². The zero-order chi connectivity index (χ0) is 17.2. The van der Waals surface area contributed by atoms with Gasteiger partial charge in [0.05, 0.1) is 17.9 Å². The van der Waals surface area contributed by atoms with Gasteiger partial charge in [0.1, 0.15) is 10.6 Å². The fraction of sp³-hybridized carbons (Fsp3) is 0.368. The van der Waals surface area contributed by atoms with Gasteiger partial charge in [0.15, 0.2) is 5.82 Å². The van der Waals surface area contributed by atoms with Gasteiger partial charge in [0.25, 0.3) is 0 Å². The van der Waals surface area contributed by atoms with E-state index in [9.17, 15) is 0 Å². The monoisotopic (exact) mass is 349 g/mol. The molecule has 3 aromatic rings. The van der Waals surface area contributed by atoms with Crippen molar-refractivity contribution in [3.05, 3.63) is 35.0 Å². The van der Waals surface area contributed by atoms with Gasteiger partial charge >= 0.3 is 0 Å². The third kappa shape index (κ3) is 3.08. The van der Waals surface area contributed by atoms with E-state index in [1.807, 2.05) is 12.1 Å². The molecule has 4 rings (SSSR count). The SMILES string of the molecule is C[C@H]1CCc2c(sc3nc(-c4cccnc4)nc(NCCC#N)c23)C1. The Hall–Kier alpha value is -2.52. The Kier molecular flexibility index (Phi) is 4.33. The summed E-state index contributed by atoms with van der Waals surface area (Å²) < 4.78 is 0. The van der Waals surface area contributed by atoms with Crippen LogP contribution in [0, 0.1) is 17.2 Å². The van der Waals surface area contributed by atoms with Gasteiger partial charge in [-0.15, -0.1) is 11.3 Å². The first-order valence-corrected chi connectivity index (χ1v) is 9.41. The number of nitrogens with zero attached hydrogens (tertiary/aromatic N) is 4. The predicted octanol–water partition coefficient (Wildman–Crippen LogP) is 4.20. The molecule has 1 N–H and O–H groups in total. The molecule has 1 aliphatic rings. The lowest BCUT2D eigenvalue weighted by Crippen LogP contribution is -2.10. The molecular weight excluding hydrogens is 330 g/mol. The summed E-state index contributed by atoms with van der Waals surface area (Å²) in [7, 11) is 0. The normalized spacial score (nSPS) is 16.4. The number of fused-ring (bicyclic) bond motifs is 3. The van der Waals surface area contributed by atoms with Crippen molar-refractivity contribution >= 4 is 27.4 Å². The summed E-state index contributed by atoms with van der Waals surface area (Å²) >= 11 is 1.79. The molecule has 0 aromatic carbocycles. The molecule has 3 heterocycles. The molecule has 1 aliphatic carbocycles. The number of rotatable bonds is 4. The van der Waals surface area contributed by atoms with E-state index in [0.717, 1.165) is 40.4 Å². The largest absolute Gasteiger partial charge is 0.368 e. The second-order valence-corrected chi connectivity index (χ2v) is 7.59. The molecular formula is C19H19N5S. The summed E-state index contributed by atoms with van der Waals surface area (Å²) in [6, 6.07) is 6.05. The lowest BCUT2D eigenvalue weighted by molar-refractivity contribution is 0.509. The molecule has 6 heteroatoms. The number of nitriles is 1. The summed E-state index contributed by atoms with van der Waals surface area (Å²) in [5.74, 6) is 2.26. The van der Waals surface area contributed by atoms with E-state index in [2.05, 4.69) is 23.3 Å². The molecule has 0 fully saturated rings. The van der Waals surface area contributed by atoms with Crippen molar-refractivity contribution in [1.82, 2.24) is 15.0 Å². The van der Waals surface area contributed by atoms with E-state index >= 15 is 0 Å². The summed E-state index contributed by atoms with van der Waals surface area (Å²) in [6.07, 6.45) is 7.41. The topological polar surface area (TPSA) is 74.5 Å². The number of aryl methyl sites for hydroxylation is 1. The van der Waals surface area contributed by atoms with Crippen LogP contribution in [0.25, 0.3) is 21.6 Å². The highest BCUT2D eigenvalue weighted by Crippen LogP contribution is 2.40. The van der Waals surface area contributed by atoms with Crippen LogP contribution in [0.4, 0.5) is 5.82 Å². The first kappa shape index (κ1) is 16.0. The quantitative estimate of drug-likeness (QED) is 0.714. The molecule has 0 aliphatic heterocycles. The molecule has 1 atom stereocenters. The van der Waals surface area contributed by atoms with E-state index in [-0.39, 0.29) is 0 Å². The summed E-state index contributed by atoms with van der Waals surface area (Å²) in [5, 5.41) is 13.4. The van der Waals surface area contributed by atoms with Crippen LogP contribution in [-0.4, -0.2) is 21.5 Å². The van der Waals surface area contributed by atoms with Gasteiger partial charge in [-0.3, -0.25) is 4.98 Å². The van der Waals surface area contributed by atoms with Gasteiger partial charge in [0, 0.05) is 29.4 Å². The predicted molar refractivity (Wildman–Crippen MR) is 101 cm³/mol. The Balaban J connectivity index is 1.86. The second-order valence-electron chi connectivity index (χ2n) is 6.50. The summed E-state index contributed by atoms with van der Waals surface area (Å²) in [5.41, 5.74) is 2.31. The molecule has 126 valence electrons. The highest BCUT2D eigenvalue weighted by molar-refractivity contribution is 7.19. The first-order chi connectivity index (χ1) is 12.3. The Morgan fingerprint density at radius 2 is 2.32 bits per heavy atom. The first-order valence-electron chi connectivity index (χ1n) is 8.59. The molecule has 0 spiro atoms. The molecule has 3 aromatic heterocycles. The van der Waals surface area contributed by atoms with Crippen molar-refractivity contribution in [2.75, 3.05) is 11.9 Å². The highest BCUT2D eigenvalue weighted by Gasteiger charge is 2.24. The zero-order valence-electron chi connectivity index (χ0n) is 14.1. The van der Waals surface area contributed by atoms with Gasteiger partial charge in [-0.05, 0) is 42.9 Å². The number of thiophene rings is 1. The second kappa shape index (κ2) is 6.77. The van der Waals surface area contributed by atoms with Crippen LogP contribution in [0.15, 0.2) is 24.5 Å². The smallest absolute Gasteiger partial charge is 0.164 e. The van der Waals surface area contributed by atoms with E-state index in [4.69, 9.17) is 15.2 Å². The Morgan fingerprint density at radius 3 is 3.12 bits per heavy atom. The van der Waals surface area contributed by atoms with Crippen LogP contribution in [0.3, 0.4) is 0 Å². The van der Waals surface area contributed by atoms with E-state index < -0.39 is 0 Å². The number of nitrogens with one attached hydrogen (secondary N) is 1. The molecule has 0 bridgehead atoms. The van der Waals surface area contributed by atoms with Gasteiger partial charge < -0.3 is 5.32 Å². The maximum atomic E-state index is 8.84. The Morgan fingerprint density at radius 1 is 1.40 bits per heavy atom. The van der Waals surface area contributed by atoms with Crippen LogP contribution in [0.5, 0.6) is 0 Å². The molecule has 0 unspecified atom stereocenters. The number of anilines is 1. The summed E-state index contributed by atoms with van der Waals surface area (Å²) in [6.45, 7) is 2.91. The lowest BCUT2D eigenvalue weighted by atomic mass is 9.89. The minimum absolute atomic E-state index is 0.455. The highest BCUT2D eigenvalue weighted by atomic mass is 32.1. The van der Waals surface area contributed by atoms with Crippen LogP contribution in [0.1, 0.15) is 30.2 Å². The Labute approximate surface area is 150 Å². The average Bonchev–Trinajstić information content (AvgIpc) is 3.00. The standard InChI is InChI=1S/C19H19N5S/c1-12-5-6-14-15(10-12)25-19-16(14)18(22-9-3-7-20)23-17(24-19)13-4-2-8-21-11-13/h2,4,8,11-12H,3,5-6,9-10H2,1H3,(H,22,23,24)/t12-/m0/s1. The van der Waals surface area contributed by atoms with Crippen molar-refractivity contribution in [2.24, 2.45) is 5.92 Å². The zero-order valence-corrected chi connectivity index (χ0v) is 14.9. The maximum Gasteiger partial charge on any atom is 0.164 e. The fourth-order valence-electron chi connectivity index (χ4n) is 3.33. The number of hydrogen-bond donors (Lipinski definition) is 1. The average molecular weight is 349 g/mol. The van der Waals surface area contributed by atoms with Gasteiger partial charge in [-0.1, -0.05) is 6.92 Å². The van der Waals surface area contributed by atoms with E-state index in [1.165, 1.54) is 16.9 Å². The van der Waals surface area contributed by atoms with Crippen LogP contribution in [-0.2, 0) is 12.8 Å². The lowest BCUT2D eigenvalue weighted by Gasteiger charge is -2.18. The fourth-order valence-corrected chi connectivity index (χ4v) is 4.71. The molecule has 25 heavy (non-hydrogen) atoms. The van der Waals surface area contributed by atoms with Gasteiger partial charge in [-0.25, -0.2) is 9.97 Å². The minimum atomic E-state index is 0.455. The van der Waals surface area contributed by atoms with E-state index in [1.54, 1.807) is 23.7 Å². The van der Waals surface area contributed by atoms with E-state index in [0.29, 0.717) is 18.8 Å². The van der Waals surface area contributed by atoms with Crippen molar-refractivity contribution in [1.29, 1.82) is 5.26 Å². The van der Waals surface area contributed by atoms with Gasteiger partial charge in [0.2, 0.25) is 0 Å².